The predicted octanol–water partition coefficient (Wildman–Crippen LogP) is 3.48. The summed E-state index contributed by atoms with van der Waals surface area (Å²) in [6, 6.07) is 11.4. The minimum Gasteiger partial charge on any atom is -0.345 e. The summed E-state index contributed by atoms with van der Waals surface area (Å²) in [6.45, 7) is 10.8. The molecule has 1 atom stereocenters. The highest BCUT2D eigenvalue weighted by Gasteiger charge is 2.32. The summed E-state index contributed by atoms with van der Waals surface area (Å²) in [6.07, 6.45) is 4.69. The number of piperidine rings is 2. The van der Waals surface area contributed by atoms with E-state index in [0.717, 1.165) is 32.5 Å². The second-order valence-corrected chi connectivity index (χ2v) is 8.94. The van der Waals surface area contributed by atoms with Crippen LogP contribution in [-0.4, -0.2) is 66.4 Å². The Balaban J connectivity index is 1.47. The number of likely N-dealkylation sites (tertiary alicyclic amines) is 2. The molecular weight excluding hydrogens is 334 g/mol. The molecule has 2 aliphatic heterocycles. The molecule has 0 unspecified atom stereocenters. The van der Waals surface area contributed by atoms with Crippen LogP contribution in [0.2, 0.25) is 0 Å². The van der Waals surface area contributed by atoms with E-state index in [1.54, 1.807) is 0 Å². The monoisotopic (exact) mass is 371 g/mol. The lowest BCUT2D eigenvalue weighted by atomic mass is 9.92. The van der Waals surface area contributed by atoms with E-state index in [0.29, 0.717) is 17.9 Å². The number of carbonyl (C=O) groups excluding carboxylic acids is 1. The summed E-state index contributed by atoms with van der Waals surface area (Å²) in [7, 11) is 1.98. The summed E-state index contributed by atoms with van der Waals surface area (Å²) >= 11 is 0. The Labute approximate surface area is 165 Å². The third-order valence-electron chi connectivity index (χ3n) is 6.14. The minimum absolute atomic E-state index is 0.199. The zero-order valence-corrected chi connectivity index (χ0v) is 17.4. The van der Waals surface area contributed by atoms with E-state index in [1.165, 1.54) is 38.0 Å². The van der Waals surface area contributed by atoms with Gasteiger partial charge in [0.25, 0.3) is 0 Å². The highest BCUT2D eigenvalue weighted by atomic mass is 16.2. The molecule has 0 aliphatic carbocycles. The number of benzene rings is 1. The minimum atomic E-state index is 0.199. The molecule has 3 rings (SSSR count). The fourth-order valence-electron chi connectivity index (χ4n) is 4.77. The Morgan fingerprint density at radius 1 is 1.11 bits per heavy atom. The topological polar surface area (TPSA) is 26.8 Å². The lowest BCUT2D eigenvalue weighted by Gasteiger charge is -2.42. The van der Waals surface area contributed by atoms with Crippen molar-refractivity contribution < 1.29 is 4.79 Å². The van der Waals surface area contributed by atoms with Crippen molar-refractivity contribution in [2.45, 2.75) is 52.1 Å². The van der Waals surface area contributed by atoms with Crippen molar-refractivity contribution in [3.05, 3.63) is 35.9 Å². The Bertz CT molecular complexity index is 581. The van der Waals surface area contributed by atoms with Crippen molar-refractivity contribution in [3.8, 4) is 0 Å². The van der Waals surface area contributed by atoms with E-state index in [-0.39, 0.29) is 5.92 Å². The summed E-state index contributed by atoms with van der Waals surface area (Å²) in [4.78, 5) is 20.0. The predicted molar refractivity (Wildman–Crippen MR) is 112 cm³/mol. The number of hydrogen-bond acceptors (Lipinski definition) is 3. The van der Waals surface area contributed by atoms with Gasteiger partial charge in [0.1, 0.15) is 0 Å². The van der Waals surface area contributed by atoms with Crippen molar-refractivity contribution in [1.82, 2.24) is 14.7 Å². The molecule has 0 spiro atoms. The molecule has 2 fully saturated rings. The zero-order valence-electron chi connectivity index (χ0n) is 17.4. The molecule has 2 heterocycles. The van der Waals surface area contributed by atoms with Gasteiger partial charge in [0.05, 0.1) is 5.92 Å². The van der Waals surface area contributed by atoms with Gasteiger partial charge in [0.15, 0.2) is 0 Å². The van der Waals surface area contributed by atoms with E-state index in [4.69, 9.17) is 0 Å². The first-order chi connectivity index (χ1) is 13.0. The number of amides is 1. The van der Waals surface area contributed by atoms with Gasteiger partial charge in [-0.1, -0.05) is 44.2 Å². The Morgan fingerprint density at radius 2 is 1.81 bits per heavy atom. The molecular formula is C23H37N3O. The van der Waals surface area contributed by atoms with Crippen molar-refractivity contribution in [2.75, 3.05) is 39.8 Å². The van der Waals surface area contributed by atoms with E-state index in [1.807, 2.05) is 11.9 Å². The van der Waals surface area contributed by atoms with Crippen LogP contribution in [0.3, 0.4) is 0 Å². The van der Waals surface area contributed by atoms with Gasteiger partial charge in [0.2, 0.25) is 5.91 Å². The molecule has 1 aromatic carbocycles. The smallest absolute Gasteiger partial charge is 0.226 e. The SMILES string of the molecule is CC(C)CN(C)C(=O)[C@H]1CCCN(C2CCN(Cc3ccccc3)CC2)C1. The Hall–Kier alpha value is -1.39. The lowest BCUT2D eigenvalue weighted by molar-refractivity contribution is -0.137. The van der Waals surface area contributed by atoms with E-state index in [9.17, 15) is 4.79 Å². The van der Waals surface area contributed by atoms with Crippen LogP contribution in [0.1, 0.15) is 45.1 Å². The third-order valence-corrected chi connectivity index (χ3v) is 6.14. The maximum atomic E-state index is 12.8. The summed E-state index contributed by atoms with van der Waals surface area (Å²) in [5, 5.41) is 0. The molecule has 0 saturated carbocycles. The largest absolute Gasteiger partial charge is 0.345 e. The number of nitrogens with zero attached hydrogens (tertiary/aromatic N) is 3. The van der Waals surface area contributed by atoms with E-state index in [2.05, 4.69) is 54.0 Å². The lowest BCUT2D eigenvalue weighted by Crippen LogP contribution is -2.51. The van der Waals surface area contributed by atoms with Gasteiger partial charge in [-0.25, -0.2) is 0 Å². The van der Waals surface area contributed by atoms with Gasteiger partial charge in [-0.3, -0.25) is 14.6 Å². The van der Waals surface area contributed by atoms with Crippen molar-refractivity contribution in [3.63, 3.8) is 0 Å². The van der Waals surface area contributed by atoms with Gasteiger partial charge in [-0.2, -0.15) is 0 Å². The molecule has 0 aromatic heterocycles. The summed E-state index contributed by atoms with van der Waals surface area (Å²) < 4.78 is 0. The first-order valence-electron chi connectivity index (χ1n) is 10.8. The van der Waals surface area contributed by atoms with Gasteiger partial charge >= 0.3 is 0 Å². The Morgan fingerprint density at radius 3 is 2.48 bits per heavy atom. The molecule has 27 heavy (non-hydrogen) atoms. The first kappa shape index (κ1) is 20.3. The number of hydrogen-bond donors (Lipinski definition) is 0. The summed E-state index contributed by atoms with van der Waals surface area (Å²) in [5.41, 5.74) is 1.41. The molecule has 0 N–H and O–H groups in total. The molecule has 4 nitrogen and oxygen atoms in total. The van der Waals surface area contributed by atoms with Crippen LogP contribution in [-0.2, 0) is 11.3 Å². The van der Waals surface area contributed by atoms with Crippen LogP contribution in [0.15, 0.2) is 30.3 Å². The maximum Gasteiger partial charge on any atom is 0.226 e. The number of rotatable bonds is 6. The van der Waals surface area contributed by atoms with E-state index >= 15 is 0 Å². The zero-order chi connectivity index (χ0) is 19.2. The Kier molecular flexibility index (Phi) is 7.31. The van der Waals surface area contributed by atoms with E-state index < -0.39 is 0 Å². The van der Waals surface area contributed by atoms with Crippen LogP contribution in [0, 0.1) is 11.8 Å². The third kappa shape index (κ3) is 5.79. The van der Waals surface area contributed by atoms with Crippen molar-refractivity contribution in [2.24, 2.45) is 11.8 Å². The standard InChI is InChI=1S/C23H37N3O/c1-19(2)16-24(3)23(27)21-10-7-13-26(18-21)22-11-14-25(15-12-22)17-20-8-5-4-6-9-20/h4-6,8-9,19,21-22H,7,10-18H2,1-3H3/t21-/m0/s1. The highest BCUT2D eigenvalue weighted by molar-refractivity contribution is 5.78. The first-order valence-corrected chi connectivity index (χ1v) is 10.8. The fraction of sp³-hybridized carbons (Fsp3) is 0.696. The van der Waals surface area contributed by atoms with Crippen LogP contribution in [0.5, 0.6) is 0 Å². The normalized spacial score (nSPS) is 22.9. The maximum absolute atomic E-state index is 12.8. The molecule has 1 amide bonds. The second-order valence-electron chi connectivity index (χ2n) is 8.94. The van der Waals surface area contributed by atoms with Crippen LogP contribution >= 0.6 is 0 Å². The van der Waals surface area contributed by atoms with Gasteiger partial charge in [0, 0.05) is 32.7 Å². The molecule has 0 radical (unpaired) electrons. The van der Waals surface area contributed by atoms with Gasteiger partial charge in [-0.15, -0.1) is 0 Å². The second kappa shape index (κ2) is 9.70. The fourth-order valence-corrected chi connectivity index (χ4v) is 4.77. The van der Waals surface area contributed by atoms with Crippen LogP contribution in [0.4, 0.5) is 0 Å². The van der Waals surface area contributed by atoms with Crippen molar-refractivity contribution >= 4 is 5.91 Å². The van der Waals surface area contributed by atoms with Crippen LogP contribution in [0.25, 0.3) is 0 Å². The highest BCUT2D eigenvalue weighted by Crippen LogP contribution is 2.25. The van der Waals surface area contributed by atoms with Crippen molar-refractivity contribution in [1.29, 1.82) is 0 Å². The van der Waals surface area contributed by atoms with Gasteiger partial charge in [-0.05, 0) is 56.8 Å². The molecule has 150 valence electrons. The molecule has 0 bridgehead atoms. The average molecular weight is 372 g/mol. The van der Waals surface area contributed by atoms with Crippen LogP contribution < -0.4 is 0 Å². The molecule has 1 aromatic rings. The average Bonchev–Trinajstić information content (AvgIpc) is 2.68. The molecule has 2 aliphatic rings. The summed E-state index contributed by atoms with van der Waals surface area (Å²) in [5.74, 6) is 1.09. The number of carbonyl (C=O) groups is 1. The van der Waals surface area contributed by atoms with Gasteiger partial charge < -0.3 is 4.90 Å². The quantitative estimate of drug-likeness (QED) is 0.766. The molecule has 2 saturated heterocycles. The molecule has 4 heteroatoms.